The lowest BCUT2D eigenvalue weighted by Crippen LogP contribution is -2.41. The van der Waals surface area contributed by atoms with Crippen LogP contribution in [0.1, 0.15) is 32.7 Å². The molecule has 0 atom stereocenters. The number of aryl methyl sites for hydroxylation is 1. The minimum absolute atomic E-state index is 0.0636. The summed E-state index contributed by atoms with van der Waals surface area (Å²) in [5.74, 6) is 0.794. The average molecular weight is 485 g/mol. The van der Waals surface area contributed by atoms with Gasteiger partial charge in [0.2, 0.25) is 0 Å². The molecule has 2 heterocycles. The van der Waals surface area contributed by atoms with Gasteiger partial charge in [-0.3, -0.25) is 9.48 Å². The first-order valence-electron chi connectivity index (χ1n) is 10.4. The molecule has 0 aliphatic carbocycles. The molecule has 2 aromatic carbocycles. The zero-order valence-corrected chi connectivity index (χ0v) is 18.4. The predicted molar refractivity (Wildman–Crippen MR) is 120 cm³/mol. The normalized spacial score (nSPS) is 13.2. The second-order valence-corrected chi connectivity index (χ2v) is 7.98. The van der Waals surface area contributed by atoms with Gasteiger partial charge in [-0.1, -0.05) is 5.92 Å². The maximum Gasteiger partial charge on any atom is 0.417 e. The van der Waals surface area contributed by atoms with E-state index < -0.39 is 29.5 Å². The van der Waals surface area contributed by atoms with Crippen molar-refractivity contribution in [3.05, 3.63) is 70.2 Å². The number of benzene rings is 2. The Kier molecular flexibility index (Phi) is 5.98. The number of halogens is 4. The summed E-state index contributed by atoms with van der Waals surface area (Å²) in [4.78, 5) is 26.5. The number of carbonyl (C=O) groups is 2. The van der Waals surface area contributed by atoms with E-state index in [2.05, 4.69) is 10.4 Å². The maximum absolute atomic E-state index is 13.7. The minimum atomic E-state index is -4.69. The molecule has 35 heavy (non-hydrogen) atoms. The fourth-order valence-electron chi connectivity index (χ4n) is 3.93. The molecule has 11 heteroatoms. The molecule has 1 aromatic heterocycles. The molecule has 3 amide bonds. The lowest BCUT2D eigenvalue weighted by atomic mass is 10.0. The van der Waals surface area contributed by atoms with Gasteiger partial charge in [-0.05, 0) is 48.9 Å². The van der Waals surface area contributed by atoms with E-state index in [1.165, 1.54) is 23.1 Å². The van der Waals surface area contributed by atoms with E-state index in [9.17, 15) is 27.2 Å². The van der Waals surface area contributed by atoms with E-state index in [0.29, 0.717) is 16.8 Å². The number of alkyl halides is 3. The van der Waals surface area contributed by atoms with Crippen molar-refractivity contribution in [2.24, 2.45) is 5.73 Å². The van der Waals surface area contributed by atoms with E-state index in [1.54, 1.807) is 17.7 Å². The van der Waals surface area contributed by atoms with Gasteiger partial charge in [0.05, 0.1) is 29.9 Å². The lowest BCUT2D eigenvalue weighted by molar-refractivity contribution is -0.137. The van der Waals surface area contributed by atoms with E-state index in [4.69, 9.17) is 12.2 Å². The Labute approximate surface area is 197 Å². The summed E-state index contributed by atoms with van der Waals surface area (Å²) in [6.45, 7) is 1.90. The number of primary amides is 1. The van der Waals surface area contributed by atoms with Crippen LogP contribution in [0.2, 0.25) is 0 Å². The third-order valence-corrected chi connectivity index (χ3v) is 5.68. The Hall–Kier alpha value is -4.33. The molecule has 3 N–H and O–H groups in total. The Morgan fingerprint density at radius 2 is 1.91 bits per heavy atom. The highest BCUT2D eigenvalue weighted by atomic mass is 19.4. The monoisotopic (exact) mass is 485 g/mol. The number of hydrogen-bond acceptors (Lipinski definition) is 3. The Morgan fingerprint density at radius 3 is 2.54 bits per heavy atom. The number of hydrogen-bond donors (Lipinski definition) is 2. The van der Waals surface area contributed by atoms with Crippen LogP contribution >= 0.6 is 0 Å². The molecule has 3 aromatic rings. The third kappa shape index (κ3) is 4.55. The molecule has 1 aliphatic rings. The first kappa shape index (κ1) is 23.8. The van der Waals surface area contributed by atoms with Crippen molar-refractivity contribution >= 4 is 17.6 Å². The molecule has 4 rings (SSSR count). The van der Waals surface area contributed by atoms with Gasteiger partial charge in [-0.15, -0.1) is 6.42 Å². The standard InChI is InChI=1S/C24H19F4N5O2/c1-3-14-4-6-16(11-17(14)24(26,27)28)30-23(35)32-8-9-33-19(12-32)20(22(29)34)21(31-33)15-5-7-18(25)13(2)10-15/h1,4-7,10-11H,8-9,12H2,2H3,(H2,29,34)(H,30,35). The minimum Gasteiger partial charge on any atom is -0.365 e. The summed E-state index contributed by atoms with van der Waals surface area (Å²) in [7, 11) is 0. The van der Waals surface area contributed by atoms with Crippen LogP contribution in [0.5, 0.6) is 0 Å². The van der Waals surface area contributed by atoms with Crippen molar-refractivity contribution in [1.29, 1.82) is 0 Å². The highest BCUT2D eigenvalue weighted by molar-refractivity contribution is 6.00. The fraction of sp³-hybridized carbons (Fsp3) is 0.208. The van der Waals surface area contributed by atoms with Crippen LogP contribution in [-0.2, 0) is 19.3 Å². The molecule has 0 fully saturated rings. The van der Waals surface area contributed by atoms with Gasteiger partial charge in [0.25, 0.3) is 5.91 Å². The van der Waals surface area contributed by atoms with Crippen molar-refractivity contribution in [1.82, 2.24) is 14.7 Å². The van der Waals surface area contributed by atoms with E-state index in [0.717, 1.165) is 12.1 Å². The van der Waals surface area contributed by atoms with E-state index in [1.807, 2.05) is 5.92 Å². The highest BCUT2D eigenvalue weighted by Gasteiger charge is 2.34. The summed E-state index contributed by atoms with van der Waals surface area (Å²) >= 11 is 0. The number of urea groups is 1. The molecule has 0 spiro atoms. The summed E-state index contributed by atoms with van der Waals surface area (Å²) in [5.41, 5.74) is 5.72. The van der Waals surface area contributed by atoms with Crippen LogP contribution in [0.15, 0.2) is 36.4 Å². The smallest absolute Gasteiger partial charge is 0.365 e. The van der Waals surface area contributed by atoms with Crippen molar-refractivity contribution in [2.45, 2.75) is 26.2 Å². The highest BCUT2D eigenvalue weighted by Crippen LogP contribution is 2.34. The first-order valence-corrected chi connectivity index (χ1v) is 10.4. The fourth-order valence-corrected chi connectivity index (χ4v) is 3.93. The quantitative estimate of drug-likeness (QED) is 0.431. The number of amides is 3. The van der Waals surface area contributed by atoms with Crippen LogP contribution in [0.4, 0.5) is 28.0 Å². The Bertz CT molecular complexity index is 1390. The van der Waals surface area contributed by atoms with E-state index in [-0.39, 0.29) is 42.1 Å². The molecule has 180 valence electrons. The number of aromatic nitrogens is 2. The van der Waals surface area contributed by atoms with Crippen LogP contribution in [-0.4, -0.2) is 33.2 Å². The van der Waals surface area contributed by atoms with Crippen LogP contribution in [0.25, 0.3) is 11.3 Å². The number of rotatable bonds is 3. The van der Waals surface area contributed by atoms with Crippen molar-refractivity contribution in [3.8, 4) is 23.6 Å². The number of terminal acetylenes is 1. The maximum atomic E-state index is 13.7. The first-order chi connectivity index (χ1) is 16.5. The largest absolute Gasteiger partial charge is 0.417 e. The summed E-state index contributed by atoms with van der Waals surface area (Å²) < 4.78 is 55.1. The Balaban J connectivity index is 1.62. The zero-order chi connectivity index (χ0) is 25.5. The zero-order valence-electron chi connectivity index (χ0n) is 18.4. The van der Waals surface area contributed by atoms with Crippen LogP contribution < -0.4 is 11.1 Å². The summed E-state index contributed by atoms with van der Waals surface area (Å²) in [5, 5.41) is 6.88. The van der Waals surface area contributed by atoms with Gasteiger partial charge < -0.3 is 16.0 Å². The summed E-state index contributed by atoms with van der Waals surface area (Å²) in [6.07, 6.45) is 0.460. The third-order valence-electron chi connectivity index (χ3n) is 5.68. The van der Waals surface area contributed by atoms with Crippen LogP contribution in [0.3, 0.4) is 0 Å². The number of fused-ring (bicyclic) bond motifs is 1. The molecule has 0 saturated carbocycles. The summed E-state index contributed by atoms with van der Waals surface area (Å²) in [6, 6.07) is 6.75. The SMILES string of the molecule is C#Cc1ccc(NC(=O)N2CCn3nc(-c4ccc(F)c(C)c4)c(C(N)=O)c3C2)cc1C(F)(F)F. The molecule has 0 unspecified atom stereocenters. The molecular weight excluding hydrogens is 466 g/mol. The number of carbonyl (C=O) groups excluding carboxylic acids is 2. The second kappa shape index (κ2) is 8.79. The van der Waals surface area contributed by atoms with Crippen molar-refractivity contribution in [2.75, 3.05) is 11.9 Å². The Morgan fingerprint density at radius 1 is 1.17 bits per heavy atom. The number of anilines is 1. The molecule has 0 saturated heterocycles. The van der Waals surface area contributed by atoms with Gasteiger partial charge >= 0.3 is 12.2 Å². The van der Waals surface area contributed by atoms with Gasteiger partial charge in [0.1, 0.15) is 11.5 Å². The predicted octanol–water partition coefficient (Wildman–Crippen LogP) is 4.14. The van der Waals surface area contributed by atoms with Gasteiger partial charge in [0, 0.05) is 23.4 Å². The van der Waals surface area contributed by atoms with E-state index >= 15 is 0 Å². The molecule has 0 bridgehead atoms. The van der Waals surface area contributed by atoms with Gasteiger partial charge in [0.15, 0.2) is 0 Å². The number of nitrogens with zero attached hydrogens (tertiary/aromatic N) is 3. The molecular formula is C24H19F4N5O2. The van der Waals surface area contributed by atoms with Crippen LogP contribution in [0, 0.1) is 25.1 Å². The molecule has 7 nitrogen and oxygen atoms in total. The number of nitrogens with two attached hydrogens (primary N) is 1. The average Bonchev–Trinajstić information content (AvgIpc) is 3.19. The molecule has 1 aliphatic heterocycles. The molecule has 0 radical (unpaired) electrons. The second-order valence-electron chi connectivity index (χ2n) is 7.98. The van der Waals surface area contributed by atoms with Gasteiger partial charge in [-0.25, -0.2) is 9.18 Å². The van der Waals surface area contributed by atoms with Gasteiger partial charge in [-0.2, -0.15) is 18.3 Å². The number of nitrogens with one attached hydrogen (secondary N) is 1. The lowest BCUT2D eigenvalue weighted by Gasteiger charge is -2.28. The van der Waals surface area contributed by atoms with Crippen molar-refractivity contribution < 1.29 is 27.2 Å². The van der Waals surface area contributed by atoms with Crippen molar-refractivity contribution in [3.63, 3.8) is 0 Å². The topological polar surface area (TPSA) is 93.2 Å².